The zero-order chi connectivity index (χ0) is 22.5. The molecule has 0 aliphatic heterocycles. The molecule has 0 aliphatic carbocycles. The number of aromatic nitrogens is 3. The Morgan fingerprint density at radius 3 is 2.62 bits per heavy atom. The van der Waals surface area contributed by atoms with Gasteiger partial charge in [0.1, 0.15) is 5.82 Å². The fourth-order valence-corrected chi connectivity index (χ4v) is 3.38. The molecule has 0 spiro atoms. The molecule has 0 bridgehead atoms. The van der Waals surface area contributed by atoms with Gasteiger partial charge in [-0.25, -0.2) is 4.98 Å². The molecule has 0 saturated carbocycles. The lowest BCUT2D eigenvalue weighted by Gasteiger charge is -2.10. The third-order valence-electron chi connectivity index (χ3n) is 4.69. The van der Waals surface area contributed by atoms with E-state index in [9.17, 15) is 14.4 Å². The smallest absolute Gasteiger partial charge is 0.256 e. The van der Waals surface area contributed by atoms with Crippen LogP contribution < -0.4 is 16.1 Å². The van der Waals surface area contributed by atoms with Crippen LogP contribution in [0.2, 0.25) is 0 Å². The van der Waals surface area contributed by atoms with Gasteiger partial charge in [-0.1, -0.05) is 18.2 Å². The van der Waals surface area contributed by atoms with E-state index in [4.69, 9.17) is 0 Å². The van der Waals surface area contributed by atoms with Gasteiger partial charge in [0.25, 0.3) is 5.91 Å². The van der Waals surface area contributed by atoms with Crippen LogP contribution in [-0.4, -0.2) is 26.6 Å². The molecule has 0 atom stereocenters. The van der Waals surface area contributed by atoms with Crippen molar-refractivity contribution in [2.24, 2.45) is 0 Å². The molecule has 8 nitrogen and oxygen atoms in total. The van der Waals surface area contributed by atoms with Crippen molar-refractivity contribution in [2.45, 2.75) is 13.0 Å². The van der Waals surface area contributed by atoms with E-state index in [1.807, 2.05) is 6.07 Å². The zero-order valence-corrected chi connectivity index (χ0v) is 18.4. The van der Waals surface area contributed by atoms with Gasteiger partial charge in [0.2, 0.25) is 11.3 Å². The van der Waals surface area contributed by atoms with E-state index >= 15 is 0 Å². The fraction of sp³-hybridized carbons (Fsp3) is 0.0870. The van der Waals surface area contributed by atoms with Crippen molar-refractivity contribution in [3.05, 3.63) is 93.3 Å². The van der Waals surface area contributed by atoms with E-state index in [0.29, 0.717) is 34.5 Å². The van der Waals surface area contributed by atoms with Gasteiger partial charge >= 0.3 is 0 Å². The minimum Gasteiger partial charge on any atom is -0.326 e. The van der Waals surface area contributed by atoms with Gasteiger partial charge in [0, 0.05) is 33.7 Å². The molecule has 2 heterocycles. The highest BCUT2D eigenvalue weighted by molar-refractivity contribution is 9.10. The predicted octanol–water partition coefficient (Wildman–Crippen LogP) is 3.84. The average Bonchev–Trinajstić information content (AvgIpc) is 2.80. The molecule has 4 aromatic rings. The molecule has 2 aromatic carbocycles. The lowest BCUT2D eigenvalue weighted by molar-refractivity contribution is -0.116. The summed E-state index contributed by atoms with van der Waals surface area (Å²) in [6, 6.07) is 17.2. The largest absolute Gasteiger partial charge is 0.326 e. The first-order chi connectivity index (χ1) is 15.5. The van der Waals surface area contributed by atoms with E-state index in [0.717, 1.165) is 4.47 Å². The molecule has 0 fully saturated rings. The molecule has 0 saturated heterocycles. The van der Waals surface area contributed by atoms with E-state index in [1.165, 1.54) is 6.20 Å². The maximum Gasteiger partial charge on any atom is 0.256 e. The number of benzene rings is 2. The number of nitrogens with zero attached hydrogens (tertiary/aromatic N) is 3. The molecular weight excluding hydrogens is 474 g/mol. The second-order valence-corrected chi connectivity index (χ2v) is 7.86. The van der Waals surface area contributed by atoms with Gasteiger partial charge < -0.3 is 10.6 Å². The Bertz CT molecular complexity index is 1350. The van der Waals surface area contributed by atoms with Gasteiger partial charge in [-0.15, -0.1) is 0 Å². The number of para-hydroxylation sites is 1. The number of anilines is 2. The van der Waals surface area contributed by atoms with Crippen LogP contribution in [0.15, 0.2) is 82.3 Å². The molecule has 160 valence electrons. The SMILES string of the molecule is O=C(CCn1ncc(=O)c2ccccc21)Nc1cccc(C(=O)Nc2ccc(Br)cn2)c1. The number of hydrogen-bond donors (Lipinski definition) is 2. The second-order valence-electron chi connectivity index (χ2n) is 6.94. The number of amides is 2. The number of pyridine rings is 1. The molecule has 2 N–H and O–H groups in total. The summed E-state index contributed by atoms with van der Waals surface area (Å²) >= 11 is 3.30. The van der Waals surface area contributed by atoms with Crippen LogP contribution in [0.4, 0.5) is 11.5 Å². The predicted molar refractivity (Wildman–Crippen MR) is 126 cm³/mol. The minimum absolute atomic E-state index is 0.152. The topological polar surface area (TPSA) is 106 Å². The number of aryl methyl sites for hydroxylation is 1. The van der Waals surface area contributed by atoms with Crippen LogP contribution in [0.25, 0.3) is 10.9 Å². The van der Waals surface area contributed by atoms with E-state index in [2.05, 4.69) is 36.6 Å². The normalized spacial score (nSPS) is 10.7. The first kappa shape index (κ1) is 21.4. The summed E-state index contributed by atoms with van der Waals surface area (Å²) in [5.41, 5.74) is 1.41. The van der Waals surface area contributed by atoms with Crippen LogP contribution >= 0.6 is 15.9 Å². The van der Waals surface area contributed by atoms with Crippen molar-refractivity contribution in [3.8, 4) is 0 Å². The van der Waals surface area contributed by atoms with Gasteiger partial charge in [0.15, 0.2) is 0 Å². The Hall–Kier alpha value is -3.85. The molecule has 0 aliphatic rings. The standard InChI is InChI=1S/C23H18BrN5O3/c24-16-8-9-21(25-13-16)28-23(32)15-4-3-5-17(12-15)27-22(31)10-11-29-19-7-2-1-6-18(19)20(30)14-26-29/h1-9,12-14H,10-11H2,(H,27,31)(H,25,28,32). The Balaban J connectivity index is 1.40. The van der Waals surface area contributed by atoms with Crippen LogP contribution in [0.5, 0.6) is 0 Å². The van der Waals surface area contributed by atoms with Crippen LogP contribution in [0.3, 0.4) is 0 Å². The van der Waals surface area contributed by atoms with Gasteiger partial charge in [-0.3, -0.25) is 19.1 Å². The lowest BCUT2D eigenvalue weighted by atomic mass is 10.2. The molecule has 2 amide bonds. The molecule has 0 unspecified atom stereocenters. The monoisotopic (exact) mass is 491 g/mol. The number of carbonyl (C=O) groups is 2. The molecule has 9 heteroatoms. The van der Waals surface area contributed by atoms with Gasteiger partial charge in [-0.05, 0) is 58.4 Å². The van der Waals surface area contributed by atoms with E-state index in [1.54, 1.807) is 65.5 Å². The van der Waals surface area contributed by atoms with Gasteiger partial charge in [0.05, 0.1) is 18.3 Å². The summed E-state index contributed by atoms with van der Waals surface area (Å²) in [6.45, 7) is 0.308. The molecular formula is C23H18BrN5O3. The third-order valence-corrected chi connectivity index (χ3v) is 5.16. The summed E-state index contributed by atoms with van der Waals surface area (Å²) in [5, 5.41) is 10.2. The molecule has 2 aromatic heterocycles. The maximum absolute atomic E-state index is 12.5. The van der Waals surface area contributed by atoms with Gasteiger partial charge in [-0.2, -0.15) is 5.10 Å². The number of carbonyl (C=O) groups excluding carboxylic acids is 2. The first-order valence-electron chi connectivity index (χ1n) is 9.77. The Morgan fingerprint density at radius 2 is 1.81 bits per heavy atom. The number of nitrogens with one attached hydrogen (secondary N) is 2. The Labute approximate surface area is 191 Å². The highest BCUT2D eigenvalue weighted by atomic mass is 79.9. The van der Waals surface area contributed by atoms with Crippen molar-refractivity contribution in [2.75, 3.05) is 10.6 Å². The van der Waals surface area contributed by atoms with Crippen LogP contribution in [0.1, 0.15) is 16.8 Å². The zero-order valence-electron chi connectivity index (χ0n) is 16.8. The quantitative estimate of drug-likeness (QED) is 0.426. The Morgan fingerprint density at radius 1 is 0.969 bits per heavy atom. The van der Waals surface area contributed by atoms with Crippen LogP contribution in [-0.2, 0) is 11.3 Å². The van der Waals surface area contributed by atoms with Crippen LogP contribution in [0, 0.1) is 0 Å². The molecule has 0 radical (unpaired) electrons. The highest BCUT2D eigenvalue weighted by Crippen LogP contribution is 2.15. The summed E-state index contributed by atoms with van der Waals surface area (Å²) in [5.74, 6) is -0.143. The molecule has 4 rings (SSSR count). The Kier molecular flexibility index (Phi) is 6.37. The number of hydrogen-bond acceptors (Lipinski definition) is 5. The number of halogens is 1. The summed E-state index contributed by atoms with van der Waals surface area (Å²) in [6.07, 6.45) is 2.99. The highest BCUT2D eigenvalue weighted by Gasteiger charge is 2.10. The van der Waals surface area contributed by atoms with Crippen molar-refractivity contribution in [1.82, 2.24) is 14.8 Å². The summed E-state index contributed by atoms with van der Waals surface area (Å²) in [7, 11) is 0. The van der Waals surface area contributed by atoms with Crippen molar-refractivity contribution in [1.29, 1.82) is 0 Å². The second kappa shape index (κ2) is 9.52. The number of rotatable bonds is 6. The van der Waals surface area contributed by atoms with Crippen molar-refractivity contribution >= 4 is 50.2 Å². The van der Waals surface area contributed by atoms with Crippen molar-refractivity contribution < 1.29 is 9.59 Å². The maximum atomic E-state index is 12.5. The summed E-state index contributed by atoms with van der Waals surface area (Å²) in [4.78, 5) is 41.0. The minimum atomic E-state index is -0.333. The first-order valence-corrected chi connectivity index (χ1v) is 10.6. The average molecular weight is 492 g/mol. The summed E-state index contributed by atoms with van der Waals surface area (Å²) < 4.78 is 2.44. The molecule has 32 heavy (non-hydrogen) atoms. The lowest BCUT2D eigenvalue weighted by Crippen LogP contribution is -2.18. The number of fused-ring (bicyclic) bond motifs is 1. The van der Waals surface area contributed by atoms with Crippen molar-refractivity contribution in [3.63, 3.8) is 0 Å². The third kappa shape index (κ3) is 5.06. The fourth-order valence-electron chi connectivity index (χ4n) is 3.15. The van der Waals surface area contributed by atoms with E-state index in [-0.39, 0.29) is 23.7 Å². The van der Waals surface area contributed by atoms with E-state index < -0.39 is 0 Å².